The Labute approximate surface area is 110 Å². The highest BCUT2D eigenvalue weighted by molar-refractivity contribution is 5.78. The van der Waals surface area contributed by atoms with Crippen molar-refractivity contribution in [1.29, 1.82) is 0 Å². The van der Waals surface area contributed by atoms with E-state index in [4.69, 9.17) is 4.74 Å². The Kier molecular flexibility index (Phi) is 5.01. The lowest BCUT2D eigenvalue weighted by molar-refractivity contribution is -0.137. The first-order valence-corrected chi connectivity index (χ1v) is 7.33. The standard InChI is InChI=1S/C14H26N2O2/c1-3-12(2)14(17)16-8-6-15(7-9-16)11-13-5-4-10-18-13/h12-13H,3-11H2,1-2H3/t12-,13+/m1/s1. The van der Waals surface area contributed by atoms with E-state index in [1.54, 1.807) is 0 Å². The van der Waals surface area contributed by atoms with Crippen molar-refractivity contribution in [3.63, 3.8) is 0 Å². The summed E-state index contributed by atoms with van der Waals surface area (Å²) < 4.78 is 5.66. The Balaban J connectivity index is 1.72. The Bertz CT molecular complexity index is 269. The molecular formula is C14H26N2O2. The molecule has 0 aromatic heterocycles. The Morgan fingerprint density at radius 2 is 2.06 bits per heavy atom. The second-order valence-corrected chi connectivity index (χ2v) is 5.57. The fraction of sp³-hybridized carbons (Fsp3) is 0.929. The molecule has 1 amide bonds. The Morgan fingerprint density at radius 1 is 1.33 bits per heavy atom. The molecule has 4 nitrogen and oxygen atoms in total. The highest BCUT2D eigenvalue weighted by Gasteiger charge is 2.26. The summed E-state index contributed by atoms with van der Waals surface area (Å²) in [5.41, 5.74) is 0. The van der Waals surface area contributed by atoms with Gasteiger partial charge in [-0.3, -0.25) is 9.69 Å². The molecular weight excluding hydrogens is 228 g/mol. The third kappa shape index (κ3) is 3.45. The van der Waals surface area contributed by atoms with Crippen molar-refractivity contribution in [2.24, 2.45) is 5.92 Å². The minimum absolute atomic E-state index is 0.176. The zero-order chi connectivity index (χ0) is 13.0. The molecule has 0 bridgehead atoms. The van der Waals surface area contributed by atoms with Gasteiger partial charge in [-0.05, 0) is 19.3 Å². The summed E-state index contributed by atoms with van der Waals surface area (Å²) in [7, 11) is 0. The van der Waals surface area contributed by atoms with Crippen LogP contribution in [-0.2, 0) is 9.53 Å². The van der Waals surface area contributed by atoms with Crippen LogP contribution in [0.5, 0.6) is 0 Å². The van der Waals surface area contributed by atoms with E-state index < -0.39 is 0 Å². The molecule has 2 rings (SSSR count). The van der Waals surface area contributed by atoms with Crippen molar-refractivity contribution in [3.8, 4) is 0 Å². The third-order valence-electron chi connectivity index (χ3n) is 4.20. The molecule has 2 saturated heterocycles. The Hall–Kier alpha value is -0.610. The molecule has 0 aromatic carbocycles. The maximum Gasteiger partial charge on any atom is 0.225 e. The summed E-state index contributed by atoms with van der Waals surface area (Å²) in [5, 5.41) is 0. The lowest BCUT2D eigenvalue weighted by Gasteiger charge is -2.36. The van der Waals surface area contributed by atoms with E-state index >= 15 is 0 Å². The molecule has 104 valence electrons. The average Bonchev–Trinajstić information content (AvgIpc) is 2.91. The number of hydrogen-bond donors (Lipinski definition) is 0. The van der Waals surface area contributed by atoms with E-state index in [0.29, 0.717) is 12.0 Å². The molecule has 18 heavy (non-hydrogen) atoms. The first kappa shape index (κ1) is 13.8. The molecule has 0 aromatic rings. The summed E-state index contributed by atoms with van der Waals surface area (Å²) in [6, 6.07) is 0. The predicted octanol–water partition coefficient (Wildman–Crippen LogP) is 1.36. The molecule has 2 aliphatic rings. The molecule has 0 spiro atoms. The molecule has 2 heterocycles. The maximum absolute atomic E-state index is 12.1. The van der Waals surface area contributed by atoms with Gasteiger partial charge in [-0.25, -0.2) is 0 Å². The summed E-state index contributed by atoms with van der Waals surface area (Å²) in [6.45, 7) is 9.86. The molecule has 2 fully saturated rings. The summed E-state index contributed by atoms with van der Waals surface area (Å²) >= 11 is 0. The average molecular weight is 254 g/mol. The highest BCUT2D eigenvalue weighted by Crippen LogP contribution is 2.15. The SMILES string of the molecule is CC[C@@H](C)C(=O)N1CCN(C[C@@H]2CCCO2)CC1. The topological polar surface area (TPSA) is 32.8 Å². The molecule has 2 atom stereocenters. The number of ether oxygens (including phenoxy) is 1. The van der Waals surface area contributed by atoms with Gasteiger partial charge in [0.15, 0.2) is 0 Å². The van der Waals surface area contributed by atoms with Crippen LogP contribution in [0.1, 0.15) is 33.1 Å². The largest absolute Gasteiger partial charge is 0.377 e. The van der Waals surface area contributed by atoms with Crippen molar-refractivity contribution < 1.29 is 9.53 Å². The quantitative estimate of drug-likeness (QED) is 0.759. The molecule has 0 unspecified atom stereocenters. The van der Waals surface area contributed by atoms with Crippen LogP contribution in [0, 0.1) is 5.92 Å². The van der Waals surface area contributed by atoms with Crippen LogP contribution in [0.4, 0.5) is 0 Å². The molecule has 2 aliphatic heterocycles. The van der Waals surface area contributed by atoms with E-state index in [0.717, 1.165) is 45.8 Å². The van der Waals surface area contributed by atoms with Gasteiger partial charge < -0.3 is 9.64 Å². The lowest BCUT2D eigenvalue weighted by atomic mass is 10.1. The van der Waals surface area contributed by atoms with Gasteiger partial charge in [-0.1, -0.05) is 13.8 Å². The van der Waals surface area contributed by atoms with Crippen molar-refractivity contribution in [2.45, 2.75) is 39.2 Å². The summed E-state index contributed by atoms with van der Waals surface area (Å²) in [4.78, 5) is 16.5. The van der Waals surface area contributed by atoms with E-state index in [2.05, 4.69) is 11.8 Å². The van der Waals surface area contributed by atoms with Crippen LogP contribution < -0.4 is 0 Å². The normalized spacial score (nSPS) is 27.4. The molecule has 0 radical (unpaired) electrons. The highest BCUT2D eigenvalue weighted by atomic mass is 16.5. The maximum atomic E-state index is 12.1. The van der Waals surface area contributed by atoms with E-state index in [9.17, 15) is 4.79 Å². The van der Waals surface area contributed by atoms with Crippen LogP contribution in [0.2, 0.25) is 0 Å². The fourth-order valence-electron chi connectivity index (χ4n) is 2.71. The van der Waals surface area contributed by atoms with Gasteiger partial charge in [-0.15, -0.1) is 0 Å². The number of carbonyl (C=O) groups is 1. The summed E-state index contributed by atoms with van der Waals surface area (Å²) in [6.07, 6.45) is 3.78. The van der Waals surface area contributed by atoms with Crippen LogP contribution in [0.3, 0.4) is 0 Å². The van der Waals surface area contributed by atoms with Crippen molar-refractivity contribution in [1.82, 2.24) is 9.80 Å². The molecule has 4 heteroatoms. The third-order valence-corrected chi connectivity index (χ3v) is 4.20. The first-order valence-electron chi connectivity index (χ1n) is 7.33. The van der Waals surface area contributed by atoms with Gasteiger partial charge >= 0.3 is 0 Å². The number of carbonyl (C=O) groups excluding carboxylic acids is 1. The van der Waals surface area contributed by atoms with Crippen molar-refractivity contribution in [3.05, 3.63) is 0 Å². The number of nitrogens with zero attached hydrogens (tertiary/aromatic N) is 2. The second-order valence-electron chi connectivity index (χ2n) is 5.57. The predicted molar refractivity (Wildman–Crippen MR) is 71.4 cm³/mol. The minimum atomic E-state index is 0.176. The van der Waals surface area contributed by atoms with Gasteiger partial charge in [0.2, 0.25) is 5.91 Å². The number of rotatable bonds is 4. The van der Waals surface area contributed by atoms with Crippen LogP contribution in [-0.4, -0.2) is 61.1 Å². The zero-order valence-electron chi connectivity index (χ0n) is 11.7. The van der Waals surface area contributed by atoms with Crippen LogP contribution in [0.25, 0.3) is 0 Å². The fourth-order valence-corrected chi connectivity index (χ4v) is 2.71. The van der Waals surface area contributed by atoms with Crippen LogP contribution >= 0.6 is 0 Å². The first-order chi connectivity index (χ1) is 8.70. The smallest absolute Gasteiger partial charge is 0.225 e. The van der Waals surface area contributed by atoms with Gasteiger partial charge in [0.05, 0.1) is 6.10 Å². The monoisotopic (exact) mass is 254 g/mol. The van der Waals surface area contributed by atoms with Gasteiger partial charge in [-0.2, -0.15) is 0 Å². The van der Waals surface area contributed by atoms with Gasteiger partial charge in [0.1, 0.15) is 0 Å². The van der Waals surface area contributed by atoms with Crippen molar-refractivity contribution >= 4 is 5.91 Å². The number of piperazine rings is 1. The van der Waals surface area contributed by atoms with Crippen molar-refractivity contribution in [2.75, 3.05) is 39.3 Å². The number of hydrogen-bond acceptors (Lipinski definition) is 3. The summed E-state index contributed by atoms with van der Waals surface area (Å²) in [5.74, 6) is 0.504. The lowest BCUT2D eigenvalue weighted by Crippen LogP contribution is -2.51. The van der Waals surface area contributed by atoms with E-state index in [1.807, 2.05) is 11.8 Å². The Morgan fingerprint density at radius 3 is 2.61 bits per heavy atom. The van der Waals surface area contributed by atoms with Gasteiger partial charge in [0, 0.05) is 45.2 Å². The van der Waals surface area contributed by atoms with E-state index in [1.165, 1.54) is 12.8 Å². The molecule has 0 N–H and O–H groups in total. The number of amides is 1. The van der Waals surface area contributed by atoms with Gasteiger partial charge in [0.25, 0.3) is 0 Å². The van der Waals surface area contributed by atoms with Crippen LogP contribution in [0.15, 0.2) is 0 Å². The second kappa shape index (κ2) is 6.53. The zero-order valence-corrected chi connectivity index (χ0v) is 11.7. The van der Waals surface area contributed by atoms with E-state index in [-0.39, 0.29) is 5.92 Å². The molecule has 0 saturated carbocycles. The molecule has 0 aliphatic carbocycles. The minimum Gasteiger partial charge on any atom is -0.377 e.